The number of nitrogens with zero attached hydrogens (tertiary/aromatic N) is 1. The van der Waals surface area contributed by atoms with Gasteiger partial charge in [0, 0.05) is 17.0 Å². The summed E-state index contributed by atoms with van der Waals surface area (Å²) < 4.78 is 17.7. The Labute approximate surface area is 207 Å². The fourth-order valence-electron chi connectivity index (χ4n) is 5.37. The van der Waals surface area contributed by atoms with Crippen molar-refractivity contribution in [3.05, 3.63) is 70.8 Å². The summed E-state index contributed by atoms with van der Waals surface area (Å²) in [6.45, 7) is 3.03. The second-order valence-corrected chi connectivity index (χ2v) is 9.16. The monoisotopic (exact) mass is 480 g/mol. The van der Waals surface area contributed by atoms with Crippen molar-refractivity contribution in [2.24, 2.45) is 0 Å². The lowest BCUT2D eigenvalue weighted by Crippen LogP contribution is -2.26. The molecule has 0 saturated carbocycles. The van der Waals surface area contributed by atoms with Crippen molar-refractivity contribution in [1.29, 1.82) is 5.26 Å². The maximum Gasteiger partial charge on any atom is 0.317 e. The van der Waals surface area contributed by atoms with Gasteiger partial charge in [0.25, 0.3) is 0 Å². The van der Waals surface area contributed by atoms with Crippen molar-refractivity contribution >= 4 is 16.9 Å². The molecule has 1 unspecified atom stereocenters. The fraction of sp³-hybridized carbons (Fsp3) is 0.241. The summed E-state index contributed by atoms with van der Waals surface area (Å²) in [6, 6.07) is 18.3. The summed E-state index contributed by atoms with van der Waals surface area (Å²) in [7, 11) is 0. The van der Waals surface area contributed by atoms with Crippen LogP contribution in [0.1, 0.15) is 34.7 Å². The summed E-state index contributed by atoms with van der Waals surface area (Å²) >= 11 is 0. The van der Waals surface area contributed by atoms with E-state index in [1.807, 2.05) is 42.5 Å². The molecule has 7 nitrogen and oxygen atoms in total. The van der Waals surface area contributed by atoms with Gasteiger partial charge in [-0.15, -0.1) is 0 Å². The van der Waals surface area contributed by atoms with Crippen LogP contribution in [0.3, 0.4) is 0 Å². The van der Waals surface area contributed by atoms with Gasteiger partial charge in [-0.2, -0.15) is 5.26 Å². The number of fused-ring (bicyclic) bond motifs is 3. The Morgan fingerprint density at radius 1 is 1.11 bits per heavy atom. The lowest BCUT2D eigenvalue weighted by atomic mass is 9.95. The minimum Gasteiger partial charge on any atom is -0.486 e. The van der Waals surface area contributed by atoms with E-state index in [4.69, 9.17) is 19.0 Å². The molecule has 1 atom stereocenters. The van der Waals surface area contributed by atoms with E-state index in [9.17, 15) is 10.1 Å². The quantitative estimate of drug-likeness (QED) is 0.395. The Bertz CT molecular complexity index is 1560. The van der Waals surface area contributed by atoms with Gasteiger partial charge in [-0.1, -0.05) is 24.3 Å². The molecule has 2 N–H and O–H groups in total. The van der Waals surface area contributed by atoms with E-state index in [-0.39, 0.29) is 12.6 Å². The molecule has 1 aliphatic heterocycles. The highest BCUT2D eigenvalue weighted by molar-refractivity contribution is 5.91. The second kappa shape index (κ2) is 8.74. The number of benzene rings is 3. The molecule has 3 aromatic carbocycles. The van der Waals surface area contributed by atoms with Crippen LogP contribution in [0.25, 0.3) is 33.4 Å². The Kier molecular flexibility index (Phi) is 5.39. The first-order chi connectivity index (χ1) is 17.5. The van der Waals surface area contributed by atoms with Gasteiger partial charge in [-0.05, 0) is 71.8 Å². The van der Waals surface area contributed by atoms with Crippen LogP contribution in [-0.4, -0.2) is 30.8 Å². The zero-order valence-electron chi connectivity index (χ0n) is 19.8. The molecule has 0 bridgehead atoms. The number of carboxylic acids is 1. The van der Waals surface area contributed by atoms with Gasteiger partial charge < -0.3 is 24.3 Å². The number of carboxylic acid groups (broad SMARTS) is 1. The summed E-state index contributed by atoms with van der Waals surface area (Å²) in [6.07, 6.45) is 1.47. The molecule has 2 heterocycles. The third-order valence-corrected chi connectivity index (χ3v) is 7.07. The van der Waals surface area contributed by atoms with E-state index in [1.54, 1.807) is 0 Å². The molecule has 36 heavy (non-hydrogen) atoms. The largest absolute Gasteiger partial charge is 0.486 e. The molecule has 1 aliphatic carbocycles. The highest BCUT2D eigenvalue weighted by Crippen LogP contribution is 2.42. The van der Waals surface area contributed by atoms with E-state index in [1.165, 1.54) is 0 Å². The molecule has 6 rings (SSSR count). The van der Waals surface area contributed by atoms with Crippen molar-refractivity contribution in [1.82, 2.24) is 5.32 Å². The summed E-state index contributed by atoms with van der Waals surface area (Å²) in [5, 5.41) is 23.0. The zero-order valence-corrected chi connectivity index (χ0v) is 19.8. The zero-order chi connectivity index (χ0) is 24.8. The number of furan rings is 1. The van der Waals surface area contributed by atoms with Gasteiger partial charge in [0.15, 0.2) is 17.1 Å². The Morgan fingerprint density at radius 3 is 2.72 bits per heavy atom. The first-order valence-corrected chi connectivity index (χ1v) is 12.0. The summed E-state index contributed by atoms with van der Waals surface area (Å²) in [5.41, 5.74) is 7.13. The number of rotatable bonds is 5. The van der Waals surface area contributed by atoms with Crippen LogP contribution in [0.4, 0.5) is 0 Å². The van der Waals surface area contributed by atoms with Gasteiger partial charge in [0.1, 0.15) is 25.0 Å². The first-order valence-electron chi connectivity index (χ1n) is 12.0. The maximum atomic E-state index is 11.1. The minimum absolute atomic E-state index is 0.0915. The van der Waals surface area contributed by atoms with Crippen LogP contribution >= 0.6 is 0 Å². The summed E-state index contributed by atoms with van der Waals surface area (Å²) in [4.78, 5) is 11.1. The van der Waals surface area contributed by atoms with Crippen LogP contribution in [-0.2, 0) is 11.2 Å². The molecule has 4 aromatic rings. The molecule has 7 heteroatoms. The molecule has 1 aromatic heterocycles. The standard InChI is InChI=1S/C29H24N2O5/c1-16-19(17-5-8-25-27(12-17)35-10-9-34-25)3-2-4-20(16)26-13-18-11-22-21(23(14-30)29(18)36-26)6-7-24(22)31-15-28(32)33/h2-5,8,11-13,24,31H,6-7,9-10,15H2,1H3,(H,32,33). The number of hydrogen-bond donors (Lipinski definition) is 2. The van der Waals surface area contributed by atoms with Crippen molar-refractivity contribution in [2.45, 2.75) is 25.8 Å². The number of carbonyl (C=O) groups is 1. The normalized spacial score (nSPS) is 16.1. The second-order valence-electron chi connectivity index (χ2n) is 9.16. The van der Waals surface area contributed by atoms with Gasteiger partial charge in [0.2, 0.25) is 0 Å². The average Bonchev–Trinajstić information content (AvgIpc) is 3.49. The number of aliphatic carboxylic acids is 1. The van der Waals surface area contributed by atoms with Crippen molar-refractivity contribution in [3.8, 4) is 40.0 Å². The molecule has 2 aliphatic rings. The molecule has 0 spiro atoms. The van der Waals surface area contributed by atoms with Crippen LogP contribution in [0.2, 0.25) is 0 Å². The number of ether oxygens (including phenoxy) is 2. The molecular weight excluding hydrogens is 456 g/mol. The number of nitrogens with one attached hydrogen (secondary N) is 1. The topological polar surface area (TPSA) is 105 Å². The van der Waals surface area contributed by atoms with Gasteiger partial charge in [0.05, 0.1) is 12.1 Å². The van der Waals surface area contributed by atoms with Crippen LogP contribution < -0.4 is 14.8 Å². The van der Waals surface area contributed by atoms with E-state index in [0.29, 0.717) is 36.5 Å². The maximum absolute atomic E-state index is 11.1. The van der Waals surface area contributed by atoms with E-state index in [0.717, 1.165) is 56.7 Å². The van der Waals surface area contributed by atoms with Crippen LogP contribution in [0.15, 0.2) is 52.9 Å². The number of hydrogen-bond acceptors (Lipinski definition) is 6. The Balaban J connectivity index is 1.42. The smallest absolute Gasteiger partial charge is 0.317 e. The Hall–Kier alpha value is -4.28. The highest BCUT2D eigenvalue weighted by Gasteiger charge is 2.28. The average molecular weight is 481 g/mol. The summed E-state index contributed by atoms with van der Waals surface area (Å²) in [5.74, 6) is 1.29. The molecule has 0 radical (unpaired) electrons. The van der Waals surface area contributed by atoms with Crippen LogP contribution in [0.5, 0.6) is 11.5 Å². The van der Waals surface area contributed by atoms with E-state index >= 15 is 0 Å². The first kappa shape index (κ1) is 22.2. The number of nitriles is 1. The molecule has 0 saturated heterocycles. The van der Waals surface area contributed by atoms with Gasteiger partial charge in [-0.3, -0.25) is 4.79 Å². The minimum atomic E-state index is -0.899. The lowest BCUT2D eigenvalue weighted by Gasteiger charge is -2.19. The van der Waals surface area contributed by atoms with Crippen molar-refractivity contribution in [2.75, 3.05) is 19.8 Å². The Morgan fingerprint density at radius 2 is 1.92 bits per heavy atom. The fourth-order valence-corrected chi connectivity index (χ4v) is 5.37. The van der Waals surface area contributed by atoms with Gasteiger partial charge >= 0.3 is 5.97 Å². The van der Waals surface area contributed by atoms with E-state index < -0.39 is 5.97 Å². The van der Waals surface area contributed by atoms with E-state index in [2.05, 4.69) is 24.4 Å². The molecule has 0 amide bonds. The third-order valence-electron chi connectivity index (χ3n) is 7.07. The van der Waals surface area contributed by atoms with Crippen molar-refractivity contribution < 1.29 is 23.8 Å². The predicted octanol–water partition coefficient (Wildman–Crippen LogP) is 5.38. The SMILES string of the molecule is Cc1c(-c2ccc3c(c2)OCCO3)cccc1-c1cc2cc3c(c(C#N)c2o1)CCC3NCC(=O)O. The highest BCUT2D eigenvalue weighted by atomic mass is 16.6. The molecular formula is C29H24N2O5. The molecule has 180 valence electrons. The predicted molar refractivity (Wildman–Crippen MR) is 134 cm³/mol. The van der Waals surface area contributed by atoms with Gasteiger partial charge in [-0.25, -0.2) is 0 Å². The lowest BCUT2D eigenvalue weighted by molar-refractivity contribution is -0.136. The van der Waals surface area contributed by atoms with Crippen molar-refractivity contribution in [3.63, 3.8) is 0 Å². The third kappa shape index (κ3) is 3.67. The molecule has 0 fully saturated rings. The van der Waals surface area contributed by atoms with Crippen LogP contribution in [0, 0.1) is 18.3 Å².